The molecule has 1 heterocycles. The maximum absolute atomic E-state index is 12.0. The SMILES string of the molecule is O=S(=O)(Nc1ccc(Br)cc1)c1cc(CO)cs1. The van der Waals surface area contributed by atoms with Crippen molar-refractivity contribution in [2.24, 2.45) is 0 Å². The molecule has 18 heavy (non-hydrogen) atoms. The molecule has 2 N–H and O–H groups in total. The van der Waals surface area contributed by atoms with Crippen LogP contribution >= 0.6 is 27.3 Å². The van der Waals surface area contributed by atoms with Gasteiger partial charge in [-0.3, -0.25) is 4.72 Å². The monoisotopic (exact) mass is 347 g/mol. The third kappa shape index (κ3) is 3.11. The van der Waals surface area contributed by atoms with E-state index in [-0.39, 0.29) is 10.8 Å². The fourth-order valence-corrected chi connectivity index (χ4v) is 3.82. The molecule has 2 aromatic rings. The van der Waals surface area contributed by atoms with Crippen LogP contribution in [0.4, 0.5) is 5.69 Å². The summed E-state index contributed by atoms with van der Waals surface area (Å²) in [6.07, 6.45) is 0. The molecule has 96 valence electrons. The molecule has 0 aliphatic rings. The lowest BCUT2D eigenvalue weighted by molar-refractivity contribution is 0.282. The van der Waals surface area contributed by atoms with Crippen LogP contribution in [-0.2, 0) is 16.6 Å². The molecule has 0 amide bonds. The van der Waals surface area contributed by atoms with E-state index in [0.717, 1.165) is 15.8 Å². The molecule has 0 unspecified atom stereocenters. The Bertz CT molecular complexity index is 635. The van der Waals surface area contributed by atoms with Crippen LogP contribution < -0.4 is 4.72 Å². The van der Waals surface area contributed by atoms with E-state index in [2.05, 4.69) is 20.7 Å². The van der Waals surface area contributed by atoms with Crippen LogP contribution in [0.25, 0.3) is 0 Å². The molecule has 0 saturated heterocycles. The molecule has 0 atom stereocenters. The van der Waals surface area contributed by atoms with E-state index in [9.17, 15) is 8.42 Å². The first-order valence-corrected chi connectivity index (χ1v) is 8.13. The first kappa shape index (κ1) is 13.5. The molecule has 7 heteroatoms. The van der Waals surface area contributed by atoms with Crippen molar-refractivity contribution in [3.05, 3.63) is 45.7 Å². The number of aliphatic hydroxyl groups excluding tert-OH is 1. The van der Waals surface area contributed by atoms with E-state index in [1.54, 1.807) is 29.6 Å². The number of benzene rings is 1. The van der Waals surface area contributed by atoms with Crippen LogP contribution in [0.15, 0.2) is 44.4 Å². The van der Waals surface area contributed by atoms with E-state index < -0.39 is 10.0 Å². The molecular weight excluding hydrogens is 338 g/mol. The number of hydrogen-bond donors (Lipinski definition) is 2. The Morgan fingerprint density at radius 3 is 2.50 bits per heavy atom. The van der Waals surface area contributed by atoms with Crippen LogP contribution in [0, 0.1) is 0 Å². The van der Waals surface area contributed by atoms with Gasteiger partial charge in [0, 0.05) is 10.2 Å². The summed E-state index contributed by atoms with van der Waals surface area (Å²) in [5, 5.41) is 10.5. The van der Waals surface area contributed by atoms with Gasteiger partial charge in [0.1, 0.15) is 4.21 Å². The Morgan fingerprint density at radius 1 is 1.28 bits per heavy atom. The highest BCUT2D eigenvalue weighted by Crippen LogP contribution is 2.23. The predicted molar refractivity (Wildman–Crippen MR) is 75.2 cm³/mol. The Kier molecular flexibility index (Phi) is 4.06. The highest BCUT2D eigenvalue weighted by Gasteiger charge is 2.16. The Hall–Kier alpha value is -0.890. The van der Waals surface area contributed by atoms with E-state index in [0.29, 0.717) is 11.3 Å². The minimum atomic E-state index is -3.57. The maximum atomic E-state index is 12.0. The smallest absolute Gasteiger partial charge is 0.271 e. The number of thiophene rings is 1. The predicted octanol–water partition coefficient (Wildman–Crippen LogP) is 2.80. The Labute approximate surface area is 117 Å². The van der Waals surface area contributed by atoms with Gasteiger partial charge in [-0.1, -0.05) is 15.9 Å². The lowest BCUT2D eigenvalue weighted by atomic mass is 10.3. The number of nitrogens with one attached hydrogen (secondary N) is 1. The number of halogens is 1. The van der Waals surface area contributed by atoms with Crippen LogP contribution in [0.1, 0.15) is 5.56 Å². The minimum Gasteiger partial charge on any atom is -0.392 e. The van der Waals surface area contributed by atoms with E-state index in [1.165, 1.54) is 6.07 Å². The molecule has 0 saturated carbocycles. The molecule has 0 aliphatic heterocycles. The van der Waals surface area contributed by atoms with Gasteiger partial charge in [0.05, 0.1) is 6.61 Å². The maximum Gasteiger partial charge on any atom is 0.271 e. The second-order valence-corrected chi connectivity index (χ2v) is 7.28. The normalized spacial score (nSPS) is 11.4. The van der Waals surface area contributed by atoms with E-state index >= 15 is 0 Å². The average molecular weight is 348 g/mol. The van der Waals surface area contributed by atoms with Gasteiger partial charge in [-0.2, -0.15) is 0 Å². The number of aliphatic hydroxyl groups is 1. The number of hydrogen-bond acceptors (Lipinski definition) is 4. The summed E-state index contributed by atoms with van der Waals surface area (Å²) in [6, 6.07) is 8.31. The standard InChI is InChI=1S/C11H10BrNO3S2/c12-9-1-3-10(4-2-9)13-18(15,16)11-5-8(6-14)7-17-11/h1-5,7,13-14H,6H2. The third-order valence-corrected chi connectivity index (χ3v) is 5.57. The van der Waals surface area contributed by atoms with Gasteiger partial charge >= 0.3 is 0 Å². The molecule has 0 aliphatic carbocycles. The quantitative estimate of drug-likeness (QED) is 0.893. The Balaban J connectivity index is 2.24. The molecular formula is C11H10BrNO3S2. The van der Waals surface area contributed by atoms with Gasteiger partial charge in [-0.25, -0.2) is 8.42 Å². The summed E-state index contributed by atoms with van der Waals surface area (Å²) >= 11 is 4.36. The number of anilines is 1. The highest BCUT2D eigenvalue weighted by molar-refractivity contribution is 9.10. The van der Waals surface area contributed by atoms with Crippen molar-refractivity contribution in [3.8, 4) is 0 Å². The second kappa shape index (κ2) is 5.40. The van der Waals surface area contributed by atoms with Gasteiger partial charge in [0.15, 0.2) is 0 Å². The summed E-state index contributed by atoms with van der Waals surface area (Å²) in [4.78, 5) is 0. The lowest BCUT2D eigenvalue weighted by Gasteiger charge is -2.05. The van der Waals surface area contributed by atoms with Gasteiger partial charge < -0.3 is 5.11 Å². The van der Waals surface area contributed by atoms with E-state index in [4.69, 9.17) is 5.11 Å². The van der Waals surface area contributed by atoms with Crippen molar-refractivity contribution in [1.29, 1.82) is 0 Å². The van der Waals surface area contributed by atoms with Crippen molar-refractivity contribution >= 4 is 43.0 Å². The van der Waals surface area contributed by atoms with Crippen LogP contribution in [-0.4, -0.2) is 13.5 Å². The summed E-state index contributed by atoms with van der Waals surface area (Å²) in [7, 11) is -3.57. The fourth-order valence-electron chi connectivity index (χ4n) is 1.30. The molecule has 0 bridgehead atoms. The number of rotatable bonds is 4. The summed E-state index contributed by atoms with van der Waals surface area (Å²) < 4.78 is 27.6. The van der Waals surface area contributed by atoms with E-state index in [1.807, 2.05) is 0 Å². The fraction of sp³-hybridized carbons (Fsp3) is 0.0909. The molecule has 0 radical (unpaired) electrons. The zero-order chi connectivity index (χ0) is 13.2. The summed E-state index contributed by atoms with van der Waals surface area (Å²) in [5.74, 6) is 0. The van der Waals surface area contributed by atoms with Crippen molar-refractivity contribution in [2.75, 3.05) is 4.72 Å². The van der Waals surface area contributed by atoms with Crippen molar-refractivity contribution in [2.45, 2.75) is 10.8 Å². The first-order valence-electron chi connectivity index (χ1n) is 4.98. The van der Waals surface area contributed by atoms with Gasteiger partial charge in [-0.15, -0.1) is 11.3 Å². The topological polar surface area (TPSA) is 66.4 Å². The van der Waals surface area contributed by atoms with Crippen LogP contribution in [0.2, 0.25) is 0 Å². The van der Waals surface area contributed by atoms with Gasteiger partial charge in [-0.05, 0) is 41.3 Å². The minimum absolute atomic E-state index is 0.162. The average Bonchev–Trinajstić information content (AvgIpc) is 2.81. The summed E-state index contributed by atoms with van der Waals surface area (Å²) in [6.45, 7) is -0.162. The highest BCUT2D eigenvalue weighted by atomic mass is 79.9. The zero-order valence-electron chi connectivity index (χ0n) is 9.13. The van der Waals surface area contributed by atoms with Crippen molar-refractivity contribution < 1.29 is 13.5 Å². The lowest BCUT2D eigenvalue weighted by Crippen LogP contribution is -2.11. The number of sulfonamides is 1. The van der Waals surface area contributed by atoms with Crippen molar-refractivity contribution in [1.82, 2.24) is 0 Å². The molecule has 4 nitrogen and oxygen atoms in total. The van der Waals surface area contributed by atoms with Gasteiger partial charge in [0.25, 0.3) is 10.0 Å². The first-order chi connectivity index (χ1) is 8.51. The molecule has 0 fully saturated rings. The van der Waals surface area contributed by atoms with Gasteiger partial charge in [0.2, 0.25) is 0 Å². The van der Waals surface area contributed by atoms with Crippen molar-refractivity contribution in [3.63, 3.8) is 0 Å². The zero-order valence-corrected chi connectivity index (χ0v) is 12.3. The molecule has 1 aromatic carbocycles. The molecule has 2 rings (SSSR count). The largest absolute Gasteiger partial charge is 0.392 e. The van der Waals surface area contributed by atoms with Crippen LogP contribution in [0.5, 0.6) is 0 Å². The Morgan fingerprint density at radius 2 is 1.94 bits per heavy atom. The second-order valence-electron chi connectivity index (χ2n) is 3.54. The molecule has 1 aromatic heterocycles. The third-order valence-electron chi connectivity index (χ3n) is 2.17. The van der Waals surface area contributed by atoms with Crippen LogP contribution in [0.3, 0.4) is 0 Å². The summed E-state index contributed by atoms with van der Waals surface area (Å²) in [5.41, 5.74) is 1.09. The molecule has 0 spiro atoms.